The zero-order chi connectivity index (χ0) is 27.2. The first-order valence-corrected chi connectivity index (χ1v) is 13.1. The lowest BCUT2D eigenvalue weighted by Crippen LogP contribution is -2.16. The van der Waals surface area contributed by atoms with Crippen LogP contribution >= 0.6 is 11.8 Å². The van der Waals surface area contributed by atoms with E-state index in [0.717, 1.165) is 46.4 Å². The highest BCUT2D eigenvalue weighted by Gasteiger charge is 2.44. The van der Waals surface area contributed by atoms with Crippen molar-refractivity contribution in [1.29, 1.82) is 5.26 Å². The molecule has 0 radical (unpaired) electrons. The summed E-state index contributed by atoms with van der Waals surface area (Å²) in [7, 11) is 0. The molecule has 3 heterocycles. The molecule has 0 saturated heterocycles. The molecule has 0 amide bonds. The average Bonchev–Trinajstić information content (AvgIpc) is 3.61. The van der Waals surface area contributed by atoms with Gasteiger partial charge in [0.1, 0.15) is 17.1 Å². The normalized spacial score (nSPS) is 14.7. The molecule has 2 aromatic rings. The van der Waals surface area contributed by atoms with Crippen LogP contribution in [0.5, 0.6) is 0 Å². The van der Waals surface area contributed by atoms with Crippen molar-refractivity contribution in [2.24, 2.45) is 0 Å². The maximum Gasteiger partial charge on any atom is 0.272 e. The van der Waals surface area contributed by atoms with E-state index in [2.05, 4.69) is 16.0 Å². The van der Waals surface area contributed by atoms with Crippen LogP contribution in [-0.4, -0.2) is 26.7 Å². The molecule has 1 saturated carbocycles. The first-order chi connectivity index (χ1) is 18.1. The van der Waals surface area contributed by atoms with E-state index in [9.17, 15) is 22.8 Å². The Hall–Kier alpha value is -3.45. The summed E-state index contributed by atoms with van der Waals surface area (Å²) in [5.74, 6) is -3.57. The largest absolute Gasteiger partial charge is 0.338 e. The summed E-state index contributed by atoms with van der Waals surface area (Å²) in [5, 5.41) is 9.45. The summed E-state index contributed by atoms with van der Waals surface area (Å²) >= 11 is 1.41. The highest BCUT2D eigenvalue weighted by Crippen LogP contribution is 2.48. The second kappa shape index (κ2) is 9.70. The molecule has 1 fully saturated rings. The second-order valence-electron chi connectivity index (χ2n) is 9.44. The van der Waals surface area contributed by atoms with Crippen molar-refractivity contribution in [2.45, 2.75) is 55.9 Å². The maximum absolute atomic E-state index is 15.7. The van der Waals surface area contributed by atoms with Gasteiger partial charge in [-0.05, 0) is 41.9 Å². The number of alkyl halides is 4. The molecule has 38 heavy (non-hydrogen) atoms. The van der Waals surface area contributed by atoms with E-state index in [-0.39, 0.29) is 22.8 Å². The monoisotopic (exact) mass is 542 g/mol. The number of nitrogens with zero attached hydrogens (tertiary/aromatic N) is 4. The zero-order valence-electron chi connectivity index (χ0n) is 20.6. The van der Waals surface area contributed by atoms with E-state index in [0.29, 0.717) is 17.6 Å². The molecule has 0 unspecified atom stereocenters. The number of halogens is 5. The number of aromatic nitrogens is 3. The third-order valence-electron chi connectivity index (χ3n) is 6.72. The molecule has 0 spiro atoms. The van der Waals surface area contributed by atoms with Crippen molar-refractivity contribution in [3.8, 4) is 40.0 Å². The molecule has 1 aromatic carbocycles. The van der Waals surface area contributed by atoms with Crippen LogP contribution in [0.4, 0.5) is 22.0 Å². The number of pyridine rings is 2. The van der Waals surface area contributed by atoms with Crippen LogP contribution in [0, 0.1) is 17.1 Å². The van der Waals surface area contributed by atoms with Gasteiger partial charge in [-0.15, -0.1) is 11.8 Å². The number of thioether (sulfide) groups is 1. The minimum absolute atomic E-state index is 0.141. The minimum atomic E-state index is -3.32. The predicted octanol–water partition coefficient (Wildman–Crippen LogP) is 7.90. The van der Waals surface area contributed by atoms with Crippen LogP contribution in [0.1, 0.15) is 37.8 Å². The van der Waals surface area contributed by atoms with E-state index in [1.54, 1.807) is 6.20 Å². The van der Waals surface area contributed by atoms with Gasteiger partial charge in [0.25, 0.3) is 12.3 Å². The molecule has 0 bridgehead atoms. The fourth-order valence-electron chi connectivity index (χ4n) is 4.55. The number of nitriles is 1. The van der Waals surface area contributed by atoms with Gasteiger partial charge in [-0.3, -0.25) is 4.98 Å². The predicted molar refractivity (Wildman–Crippen MR) is 136 cm³/mol. The molecule has 196 valence electrons. The Morgan fingerprint density at radius 2 is 1.84 bits per heavy atom. The van der Waals surface area contributed by atoms with Crippen molar-refractivity contribution in [1.82, 2.24) is 14.5 Å². The second-order valence-corrected chi connectivity index (χ2v) is 10.7. The van der Waals surface area contributed by atoms with Crippen LogP contribution in [0.25, 0.3) is 33.9 Å². The van der Waals surface area contributed by atoms with E-state index >= 15 is 4.39 Å². The first-order valence-electron chi connectivity index (χ1n) is 12.1. The molecule has 5 rings (SSSR count). The molecule has 1 aliphatic carbocycles. The molecule has 4 nitrogen and oxygen atoms in total. The molecular formula is C28H23F5N4S. The van der Waals surface area contributed by atoms with Gasteiger partial charge in [0.2, 0.25) is 0 Å². The summed E-state index contributed by atoms with van der Waals surface area (Å²) in [5.41, 5.74) is 1.30. The summed E-state index contributed by atoms with van der Waals surface area (Å²) < 4.78 is 71.1. The van der Waals surface area contributed by atoms with Crippen LogP contribution in [0.2, 0.25) is 0 Å². The molecule has 0 N–H and O–H groups in total. The Labute approximate surface area is 220 Å². The Morgan fingerprint density at radius 3 is 2.42 bits per heavy atom. The van der Waals surface area contributed by atoms with E-state index in [1.165, 1.54) is 11.8 Å². The number of hydrogen-bond acceptors (Lipinski definition) is 4. The third-order valence-corrected chi connectivity index (χ3v) is 7.63. The van der Waals surface area contributed by atoms with Gasteiger partial charge in [0.05, 0.1) is 23.7 Å². The Kier molecular flexibility index (Phi) is 6.68. The summed E-state index contributed by atoms with van der Waals surface area (Å²) in [6.07, 6.45) is 1.23. The fourth-order valence-corrected chi connectivity index (χ4v) is 5.35. The minimum Gasteiger partial charge on any atom is -0.338 e. The topological polar surface area (TPSA) is 54.5 Å². The number of benzene rings is 1. The van der Waals surface area contributed by atoms with E-state index < -0.39 is 35.7 Å². The lowest BCUT2D eigenvalue weighted by atomic mass is 9.95. The van der Waals surface area contributed by atoms with Crippen molar-refractivity contribution < 1.29 is 22.0 Å². The van der Waals surface area contributed by atoms with Gasteiger partial charge in [-0.2, -0.15) is 5.26 Å². The molecular weight excluding hydrogens is 519 g/mol. The quantitative estimate of drug-likeness (QED) is 0.168. The van der Waals surface area contributed by atoms with Gasteiger partial charge in [0.15, 0.2) is 5.82 Å². The van der Waals surface area contributed by atoms with Crippen molar-refractivity contribution >= 4 is 11.8 Å². The van der Waals surface area contributed by atoms with Crippen LogP contribution < -0.4 is 0 Å². The highest BCUT2D eigenvalue weighted by molar-refractivity contribution is 7.99. The molecule has 1 aromatic heterocycles. The summed E-state index contributed by atoms with van der Waals surface area (Å²) in [6.45, 7) is 1.62. The number of hydrogen-bond donors (Lipinski definition) is 0. The highest BCUT2D eigenvalue weighted by atomic mass is 32.2. The van der Waals surface area contributed by atoms with Gasteiger partial charge >= 0.3 is 0 Å². The van der Waals surface area contributed by atoms with E-state index in [4.69, 9.17) is 0 Å². The van der Waals surface area contributed by atoms with Crippen molar-refractivity contribution in [3.63, 3.8) is 0 Å². The smallest absolute Gasteiger partial charge is 0.272 e. The SMILES string of the molecule is CCSc1cc(-c2ccc(C3(C#N)CC3)cc2)cnc1-c1nc2cc(C(C)(F)F)cn(CC(F)F)c-2c1F. The molecule has 0 atom stereocenters. The Bertz CT molecular complexity index is 1500. The Balaban J connectivity index is 1.59. The maximum atomic E-state index is 15.7. The van der Waals surface area contributed by atoms with Crippen molar-refractivity contribution in [2.75, 3.05) is 5.75 Å². The average molecular weight is 543 g/mol. The van der Waals surface area contributed by atoms with Crippen LogP contribution in [0.3, 0.4) is 0 Å². The van der Waals surface area contributed by atoms with Gasteiger partial charge in [-0.1, -0.05) is 31.2 Å². The van der Waals surface area contributed by atoms with E-state index in [1.807, 2.05) is 37.3 Å². The zero-order valence-corrected chi connectivity index (χ0v) is 21.4. The number of fused-ring (bicyclic) bond motifs is 1. The number of rotatable bonds is 8. The van der Waals surface area contributed by atoms with Crippen molar-refractivity contribution in [3.05, 3.63) is 65.7 Å². The lowest BCUT2D eigenvalue weighted by molar-refractivity contribution is 0.0164. The molecule has 3 aliphatic rings. The van der Waals surface area contributed by atoms with Gasteiger partial charge < -0.3 is 4.57 Å². The Morgan fingerprint density at radius 1 is 1.13 bits per heavy atom. The van der Waals surface area contributed by atoms with Gasteiger partial charge in [0, 0.05) is 35.3 Å². The third kappa shape index (κ3) is 4.75. The van der Waals surface area contributed by atoms with Gasteiger partial charge in [-0.25, -0.2) is 26.9 Å². The first kappa shape index (κ1) is 26.2. The molecule has 2 aliphatic heterocycles. The lowest BCUT2D eigenvalue weighted by Gasteiger charge is -2.17. The standard InChI is InChI=1S/C28H23F5N4S/c1-3-38-21-10-17(16-4-6-18(7-5-16)28(15-34)8-9-28)12-35-24(21)25-23(31)26-20(36-25)11-19(27(2,32)33)13-37(26)14-22(29)30/h4-7,10-13,22H,3,8-9,14H2,1-2H3. The summed E-state index contributed by atoms with van der Waals surface area (Å²) in [4.78, 5) is 9.34. The van der Waals surface area contributed by atoms with Crippen LogP contribution in [0.15, 0.2) is 53.7 Å². The fraction of sp³-hybridized carbons (Fsp3) is 0.321. The molecule has 10 heteroatoms. The van der Waals surface area contributed by atoms with Crippen LogP contribution in [-0.2, 0) is 17.9 Å². The summed E-state index contributed by atoms with van der Waals surface area (Å²) in [6, 6.07) is 12.9.